The van der Waals surface area contributed by atoms with Crippen LogP contribution >= 0.6 is 0 Å². The second-order valence-corrected chi connectivity index (χ2v) is 8.68. The standard InChI is InChI=1S/C28H28N4O3/c1-35-23-13-11-21(12-14-23)15-16-30-17-19-31(20-18-30)28(34)26-24-9-5-6-10-25(24)27(33)32(29-26)22-7-3-2-4-8-22/h2-14H,15-20H2,1H3. The van der Waals surface area contributed by atoms with Crippen molar-refractivity contribution in [3.63, 3.8) is 0 Å². The average molecular weight is 469 g/mol. The highest BCUT2D eigenvalue weighted by atomic mass is 16.5. The number of amides is 1. The first-order valence-corrected chi connectivity index (χ1v) is 11.9. The molecule has 0 bridgehead atoms. The van der Waals surface area contributed by atoms with E-state index in [2.05, 4.69) is 22.1 Å². The maximum atomic E-state index is 13.6. The van der Waals surface area contributed by atoms with E-state index in [1.54, 1.807) is 19.2 Å². The van der Waals surface area contributed by atoms with Crippen molar-refractivity contribution in [3.8, 4) is 11.4 Å². The van der Waals surface area contributed by atoms with Crippen molar-refractivity contribution in [2.75, 3.05) is 39.8 Å². The van der Waals surface area contributed by atoms with Crippen molar-refractivity contribution in [1.29, 1.82) is 0 Å². The number of rotatable bonds is 6. The van der Waals surface area contributed by atoms with Crippen LogP contribution in [0.4, 0.5) is 0 Å². The van der Waals surface area contributed by atoms with Crippen LogP contribution in [0.15, 0.2) is 83.7 Å². The molecule has 35 heavy (non-hydrogen) atoms. The minimum atomic E-state index is -0.230. The number of benzene rings is 3. The predicted molar refractivity (Wildman–Crippen MR) is 136 cm³/mol. The first-order valence-electron chi connectivity index (χ1n) is 11.9. The summed E-state index contributed by atoms with van der Waals surface area (Å²) in [4.78, 5) is 30.9. The average Bonchev–Trinajstić information content (AvgIpc) is 2.93. The fourth-order valence-corrected chi connectivity index (χ4v) is 4.50. The molecule has 0 saturated carbocycles. The number of aromatic nitrogens is 2. The number of piperazine rings is 1. The lowest BCUT2D eigenvalue weighted by atomic mass is 10.1. The van der Waals surface area contributed by atoms with Crippen LogP contribution in [0.1, 0.15) is 16.1 Å². The summed E-state index contributed by atoms with van der Waals surface area (Å²) >= 11 is 0. The largest absolute Gasteiger partial charge is 0.497 e. The van der Waals surface area contributed by atoms with Crippen LogP contribution in [0, 0.1) is 0 Å². The number of carbonyl (C=O) groups excluding carboxylic acids is 1. The van der Waals surface area contributed by atoms with Crippen LogP contribution in [0.5, 0.6) is 5.75 Å². The molecule has 5 rings (SSSR count). The number of nitrogens with zero attached hydrogens (tertiary/aromatic N) is 4. The molecule has 7 nitrogen and oxygen atoms in total. The van der Waals surface area contributed by atoms with Crippen LogP contribution in [-0.4, -0.2) is 65.3 Å². The van der Waals surface area contributed by atoms with Crippen molar-refractivity contribution in [1.82, 2.24) is 19.6 Å². The smallest absolute Gasteiger partial charge is 0.279 e. The quantitative estimate of drug-likeness (QED) is 0.434. The summed E-state index contributed by atoms with van der Waals surface area (Å²) in [6, 6.07) is 24.6. The normalized spacial score (nSPS) is 14.3. The SMILES string of the molecule is COc1ccc(CCN2CCN(C(=O)c3nn(-c4ccccc4)c(=O)c4ccccc34)CC2)cc1. The van der Waals surface area contributed by atoms with Crippen LogP contribution in [0.2, 0.25) is 0 Å². The first-order chi connectivity index (χ1) is 17.1. The topological polar surface area (TPSA) is 67.7 Å². The predicted octanol–water partition coefficient (Wildman–Crippen LogP) is 3.39. The Morgan fingerprint density at radius 2 is 1.51 bits per heavy atom. The van der Waals surface area contributed by atoms with Gasteiger partial charge in [0.05, 0.1) is 18.2 Å². The van der Waals surface area contributed by atoms with Crippen molar-refractivity contribution < 1.29 is 9.53 Å². The Hall–Kier alpha value is -3.97. The fraction of sp³-hybridized carbons (Fsp3) is 0.250. The molecular formula is C28H28N4O3. The Bertz CT molecular complexity index is 1380. The molecule has 0 unspecified atom stereocenters. The Morgan fingerprint density at radius 1 is 0.857 bits per heavy atom. The van der Waals surface area contributed by atoms with Crippen LogP contribution in [0.25, 0.3) is 16.5 Å². The molecule has 1 amide bonds. The highest BCUT2D eigenvalue weighted by molar-refractivity contribution is 6.04. The van der Waals surface area contributed by atoms with E-state index in [4.69, 9.17) is 4.74 Å². The van der Waals surface area contributed by atoms with Crippen LogP contribution < -0.4 is 10.3 Å². The Morgan fingerprint density at radius 3 is 2.20 bits per heavy atom. The van der Waals surface area contributed by atoms with Crippen molar-refractivity contribution in [3.05, 3.63) is 100 Å². The van der Waals surface area contributed by atoms with Gasteiger partial charge in [-0.2, -0.15) is 9.78 Å². The molecule has 1 fully saturated rings. The molecule has 4 aromatic rings. The van der Waals surface area contributed by atoms with Crippen LogP contribution in [-0.2, 0) is 6.42 Å². The maximum absolute atomic E-state index is 13.6. The summed E-state index contributed by atoms with van der Waals surface area (Å²) in [5.74, 6) is 0.723. The number of hydrogen-bond donors (Lipinski definition) is 0. The zero-order chi connectivity index (χ0) is 24.2. The summed E-state index contributed by atoms with van der Waals surface area (Å²) in [6.07, 6.45) is 0.951. The van der Waals surface area contributed by atoms with E-state index in [9.17, 15) is 9.59 Å². The molecule has 0 atom stereocenters. The van der Waals surface area contributed by atoms with Crippen molar-refractivity contribution in [2.24, 2.45) is 0 Å². The molecule has 0 N–H and O–H groups in total. The van der Waals surface area contributed by atoms with E-state index in [0.29, 0.717) is 35.2 Å². The molecule has 0 radical (unpaired) electrons. The lowest BCUT2D eigenvalue weighted by Gasteiger charge is -2.34. The van der Waals surface area contributed by atoms with Crippen LogP contribution in [0.3, 0.4) is 0 Å². The van der Waals surface area contributed by atoms with E-state index in [1.807, 2.05) is 59.5 Å². The van der Waals surface area contributed by atoms with Crippen molar-refractivity contribution in [2.45, 2.75) is 6.42 Å². The first kappa shape index (κ1) is 22.8. The summed E-state index contributed by atoms with van der Waals surface area (Å²) in [6.45, 7) is 3.80. The Kier molecular flexibility index (Phi) is 6.59. The van der Waals surface area contributed by atoms with E-state index in [0.717, 1.165) is 31.8 Å². The molecule has 3 aromatic carbocycles. The lowest BCUT2D eigenvalue weighted by Crippen LogP contribution is -2.49. The monoisotopic (exact) mass is 468 g/mol. The molecule has 1 aliphatic heterocycles. The highest BCUT2D eigenvalue weighted by Gasteiger charge is 2.26. The molecule has 1 aliphatic rings. The van der Waals surface area contributed by atoms with E-state index in [-0.39, 0.29) is 11.5 Å². The molecule has 1 aromatic heterocycles. The highest BCUT2D eigenvalue weighted by Crippen LogP contribution is 2.18. The molecule has 0 aliphatic carbocycles. The van der Waals surface area contributed by atoms with E-state index in [1.165, 1.54) is 10.2 Å². The number of para-hydroxylation sites is 1. The zero-order valence-electron chi connectivity index (χ0n) is 19.8. The van der Waals surface area contributed by atoms with Gasteiger partial charge in [-0.05, 0) is 42.3 Å². The number of ether oxygens (including phenoxy) is 1. The zero-order valence-corrected chi connectivity index (χ0v) is 19.8. The molecule has 178 valence electrons. The van der Waals surface area contributed by atoms with Gasteiger partial charge in [-0.25, -0.2) is 0 Å². The Balaban J connectivity index is 1.32. The van der Waals surface area contributed by atoms with Gasteiger partial charge in [-0.15, -0.1) is 0 Å². The van der Waals surface area contributed by atoms with Gasteiger partial charge < -0.3 is 9.64 Å². The summed E-state index contributed by atoms with van der Waals surface area (Å²) in [7, 11) is 1.67. The minimum Gasteiger partial charge on any atom is -0.497 e. The second-order valence-electron chi connectivity index (χ2n) is 8.68. The lowest BCUT2D eigenvalue weighted by molar-refractivity contribution is 0.0633. The van der Waals surface area contributed by atoms with Gasteiger partial charge in [0.1, 0.15) is 5.75 Å². The van der Waals surface area contributed by atoms with Gasteiger partial charge >= 0.3 is 0 Å². The van der Waals surface area contributed by atoms with Crippen molar-refractivity contribution >= 4 is 16.7 Å². The van der Waals surface area contributed by atoms with Gasteiger partial charge in [0.15, 0.2) is 5.69 Å². The molecule has 0 spiro atoms. The third-order valence-electron chi connectivity index (χ3n) is 6.54. The number of hydrogen-bond acceptors (Lipinski definition) is 5. The van der Waals surface area contributed by atoms with Gasteiger partial charge in [0, 0.05) is 38.1 Å². The third-order valence-corrected chi connectivity index (χ3v) is 6.54. The third kappa shape index (κ3) is 4.81. The molecule has 1 saturated heterocycles. The second kappa shape index (κ2) is 10.1. The van der Waals surface area contributed by atoms with Gasteiger partial charge in [0.2, 0.25) is 0 Å². The number of fused-ring (bicyclic) bond motifs is 1. The summed E-state index contributed by atoms with van der Waals surface area (Å²) in [5, 5.41) is 5.63. The molecule has 7 heteroatoms. The maximum Gasteiger partial charge on any atom is 0.279 e. The summed E-state index contributed by atoms with van der Waals surface area (Å²) < 4.78 is 6.56. The molecular weight excluding hydrogens is 440 g/mol. The Labute approximate surface area is 204 Å². The fourth-order valence-electron chi connectivity index (χ4n) is 4.50. The minimum absolute atomic E-state index is 0.138. The van der Waals surface area contributed by atoms with E-state index < -0.39 is 0 Å². The van der Waals surface area contributed by atoms with Gasteiger partial charge in [-0.3, -0.25) is 14.5 Å². The van der Waals surface area contributed by atoms with E-state index >= 15 is 0 Å². The number of carbonyl (C=O) groups is 1. The summed E-state index contributed by atoms with van der Waals surface area (Å²) in [5.41, 5.74) is 1.99. The number of methoxy groups -OCH3 is 1. The van der Waals surface area contributed by atoms with Gasteiger partial charge in [-0.1, -0.05) is 48.5 Å². The molecule has 2 heterocycles. The van der Waals surface area contributed by atoms with Gasteiger partial charge in [0.25, 0.3) is 11.5 Å².